The van der Waals surface area contributed by atoms with Crippen molar-refractivity contribution in [3.8, 4) is 5.75 Å². The van der Waals surface area contributed by atoms with Crippen LogP contribution in [0.1, 0.15) is 31.2 Å². The third kappa shape index (κ3) is 6.03. The Bertz CT molecular complexity index is 315. The highest BCUT2D eigenvalue weighted by Crippen LogP contribution is 2.17. The van der Waals surface area contributed by atoms with Gasteiger partial charge in [0.15, 0.2) is 0 Å². The quantitative estimate of drug-likeness (QED) is 0.627. The van der Waals surface area contributed by atoms with Crippen LogP contribution in [0.5, 0.6) is 5.75 Å². The van der Waals surface area contributed by atoms with Gasteiger partial charge in [-0.3, -0.25) is 0 Å². The SMILES string of the molecule is COc1ccccc1CCNCCCCCCO. The molecule has 0 aliphatic carbocycles. The molecule has 1 rings (SSSR count). The lowest BCUT2D eigenvalue weighted by Gasteiger charge is -2.08. The molecule has 0 aliphatic heterocycles. The van der Waals surface area contributed by atoms with Gasteiger partial charge in [0, 0.05) is 6.61 Å². The molecule has 0 saturated heterocycles. The summed E-state index contributed by atoms with van der Waals surface area (Å²) in [7, 11) is 1.72. The van der Waals surface area contributed by atoms with Crippen molar-refractivity contribution in [2.24, 2.45) is 0 Å². The van der Waals surface area contributed by atoms with Gasteiger partial charge in [0.05, 0.1) is 7.11 Å². The van der Waals surface area contributed by atoms with Crippen molar-refractivity contribution in [3.05, 3.63) is 29.8 Å². The molecule has 0 saturated carbocycles. The summed E-state index contributed by atoms with van der Waals surface area (Å²) in [5.41, 5.74) is 1.26. The largest absolute Gasteiger partial charge is 0.496 e. The van der Waals surface area contributed by atoms with E-state index in [9.17, 15) is 0 Å². The van der Waals surface area contributed by atoms with Crippen molar-refractivity contribution in [1.29, 1.82) is 0 Å². The second kappa shape index (κ2) is 9.92. The second-order valence-corrected chi connectivity index (χ2v) is 4.45. The van der Waals surface area contributed by atoms with Crippen molar-refractivity contribution in [3.63, 3.8) is 0 Å². The van der Waals surface area contributed by atoms with Crippen LogP contribution in [0.25, 0.3) is 0 Å². The number of nitrogens with one attached hydrogen (secondary N) is 1. The monoisotopic (exact) mass is 251 g/mol. The summed E-state index contributed by atoms with van der Waals surface area (Å²) in [5, 5.41) is 12.1. The molecule has 3 heteroatoms. The fourth-order valence-corrected chi connectivity index (χ4v) is 1.97. The average Bonchev–Trinajstić information content (AvgIpc) is 2.42. The van der Waals surface area contributed by atoms with Crippen LogP contribution in [0.3, 0.4) is 0 Å². The molecule has 2 N–H and O–H groups in total. The number of benzene rings is 1. The van der Waals surface area contributed by atoms with E-state index in [1.165, 1.54) is 18.4 Å². The highest BCUT2D eigenvalue weighted by atomic mass is 16.5. The minimum absolute atomic E-state index is 0.321. The summed E-state index contributed by atoms with van der Waals surface area (Å²) in [6.45, 7) is 2.36. The first-order valence-corrected chi connectivity index (χ1v) is 6.82. The molecule has 0 aromatic heterocycles. The molecule has 0 heterocycles. The topological polar surface area (TPSA) is 41.5 Å². The first-order chi connectivity index (χ1) is 8.88. The molecule has 0 aliphatic rings. The number of hydrogen-bond donors (Lipinski definition) is 2. The number of ether oxygens (including phenoxy) is 1. The molecule has 1 aromatic carbocycles. The van der Waals surface area contributed by atoms with E-state index in [2.05, 4.69) is 11.4 Å². The number of methoxy groups -OCH3 is 1. The van der Waals surface area contributed by atoms with E-state index in [0.29, 0.717) is 6.61 Å². The highest BCUT2D eigenvalue weighted by Gasteiger charge is 2.00. The Morgan fingerprint density at radius 1 is 1.06 bits per heavy atom. The molecule has 102 valence electrons. The fourth-order valence-electron chi connectivity index (χ4n) is 1.97. The smallest absolute Gasteiger partial charge is 0.122 e. The molecule has 0 spiro atoms. The number of para-hydroxylation sites is 1. The van der Waals surface area contributed by atoms with E-state index in [1.54, 1.807) is 7.11 Å². The number of rotatable bonds is 10. The van der Waals surface area contributed by atoms with E-state index in [-0.39, 0.29) is 0 Å². The van der Waals surface area contributed by atoms with Gasteiger partial charge in [-0.2, -0.15) is 0 Å². The zero-order chi connectivity index (χ0) is 13.1. The maximum absolute atomic E-state index is 8.65. The van der Waals surface area contributed by atoms with Crippen molar-refractivity contribution in [2.75, 3.05) is 26.8 Å². The van der Waals surface area contributed by atoms with Gasteiger partial charge in [-0.15, -0.1) is 0 Å². The minimum atomic E-state index is 0.321. The van der Waals surface area contributed by atoms with Gasteiger partial charge in [-0.25, -0.2) is 0 Å². The molecule has 3 nitrogen and oxygen atoms in total. The van der Waals surface area contributed by atoms with Crippen LogP contribution in [-0.4, -0.2) is 31.9 Å². The third-order valence-electron chi connectivity index (χ3n) is 3.03. The molecule has 1 aromatic rings. The minimum Gasteiger partial charge on any atom is -0.496 e. The Hall–Kier alpha value is -1.06. The molecule has 0 bridgehead atoms. The number of aliphatic hydroxyl groups excluding tert-OH is 1. The molecular weight excluding hydrogens is 226 g/mol. The van der Waals surface area contributed by atoms with Crippen LogP contribution >= 0.6 is 0 Å². The fraction of sp³-hybridized carbons (Fsp3) is 0.600. The zero-order valence-electron chi connectivity index (χ0n) is 11.3. The van der Waals surface area contributed by atoms with Crippen LogP contribution in [0.2, 0.25) is 0 Å². The lowest BCUT2D eigenvalue weighted by molar-refractivity contribution is 0.282. The lowest BCUT2D eigenvalue weighted by atomic mass is 10.1. The van der Waals surface area contributed by atoms with E-state index >= 15 is 0 Å². The third-order valence-corrected chi connectivity index (χ3v) is 3.03. The van der Waals surface area contributed by atoms with Crippen LogP contribution in [0.4, 0.5) is 0 Å². The highest BCUT2D eigenvalue weighted by molar-refractivity contribution is 5.33. The Kier molecular flexibility index (Phi) is 8.26. The van der Waals surface area contributed by atoms with Crippen molar-refractivity contribution >= 4 is 0 Å². The van der Waals surface area contributed by atoms with Gasteiger partial charge in [0.2, 0.25) is 0 Å². The Morgan fingerprint density at radius 3 is 2.61 bits per heavy atom. The summed E-state index contributed by atoms with van der Waals surface area (Å²) in [5.74, 6) is 0.974. The summed E-state index contributed by atoms with van der Waals surface area (Å²) in [6.07, 6.45) is 5.45. The first kappa shape index (κ1) is 15.0. The normalized spacial score (nSPS) is 10.6. The van der Waals surface area contributed by atoms with Crippen LogP contribution in [0.15, 0.2) is 24.3 Å². The molecule has 0 atom stereocenters. The van der Waals surface area contributed by atoms with E-state index in [1.807, 2.05) is 18.2 Å². The summed E-state index contributed by atoms with van der Waals surface area (Å²) >= 11 is 0. The van der Waals surface area contributed by atoms with Gasteiger partial charge in [-0.05, 0) is 44.0 Å². The summed E-state index contributed by atoms with van der Waals surface area (Å²) in [6, 6.07) is 8.16. The van der Waals surface area contributed by atoms with Crippen molar-refractivity contribution in [1.82, 2.24) is 5.32 Å². The predicted molar refractivity (Wildman–Crippen MR) is 75.1 cm³/mol. The second-order valence-electron chi connectivity index (χ2n) is 4.45. The molecule has 0 fully saturated rings. The maximum Gasteiger partial charge on any atom is 0.122 e. The Labute approximate surface area is 110 Å². The summed E-state index contributed by atoms with van der Waals surface area (Å²) in [4.78, 5) is 0. The van der Waals surface area contributed by atoms with Gasteiger partial charge in [-0.1, -0.05) is 31.0 Å². The lowest BCUT2D eigenvalue weighted by Crippen LogP contribution is -2.18. The summed E-state index contributed by atoms with van der Waals surface area (Å²) < 4.78 is 5.32. The van der Waals surface area contributed by atoms with Crippen molar-refractivity contribution < 1.29 is 9.84 Å². The van der Waals surface area contributed by atoms with Crippen LogP contribution in [0, 0.1) is 0 Å². The van der Waals surface area contributed by atoms with Crippen LogP contribution in [-0.2, 0) is 6.42 Å². The number of unbranched alkanes of at least 4 members (excludes halogenated alkanes) is 3. The average molecular weight is 251 g/mol. The molecule has 0 radical (unpaired) electrons. The standard InChI is InChI=1S/C15H25NO2/c1-18-15-9-5-4-8-14(15)10-12-16-11-6-2-3-7-13-17/h4-5,8-9,16-17H,2-3,6-7,10-13H2,1H3. The molecule has 0 amide bonds. The Morgan fingerprint density at radius 2 is 1.83 bits per heavy atom. The van der Waals surface area contributed by atoms with E-state index < -0.39 is 0 Å². The van der Waals surface area contributed by atoms with Crippen LogP contribution < -0.4 is 10.1 Å². The van der Waals surface area contributed by atoms with Crippen molar-refractivity contribution in [2.45, 2.75) is 32.1 Å². The number of aliphatic hydroxyl groups is 1. The first-order valence-electron chi connectivity index (χ1n) is 6.82. The number of hydrogen-bond acceptors (Lipinski definition) is 3. The van der Waals surface area contributed by atoms with Gasteiger partial charge in [0.1, 0.15) is 5.75 Å². The maximum atomic E-state index is 8.65. The molecular formula is C15H25NO2. The molecule has 0 unspecified atom stereocenters. The predicted octanol–water partition coefficient (Wildman–Crippen LogP) is 2.38. The van der Waals surface area contributed by atoms with E-state index in [4.69, 9.17) is 9.84 Å². The van der Waals surface area contributed by atoms with Gasteiger partial charge < -0.3 is 15.2 Å². The van der Waals surface area contributed by atoms with Gasteiger partial charge >= 0.3 is 0 Å². The van der Waals surface area contributed by atoms with E-state index in [0.717, 1.165) is 38.1 Å². The molecule has 18 heavy (non-hydrogen) atoms. The van der Waals surface area contributed by atoms with Gasteiger partial charge in [0.25, 0.3) is 0 Å². The Balaban J connectivity index is 2.07. The zero-order valence-corrected chi connectivity index (χ0v) is 11.3.